The van der Waals surface area contributed by atoms with Crippen molar-refractivity contribution in [2.24, 2.45) is 29.6 Å². The van der Waals surface area contributed by atoms with Crippen LogP contribution < -0.4 is 0 Å². The molecule has 1 saturated heterocycles. The van der Waals surface area contributed by atoms with Gasteiger partial charge >= 0.3 is 0 Å². The summed E-state index contributed by atoms with van der Waals surface area (Å²) in [5.74, 6) is 1.58. The van der Waals surface area contributed by atoms with E-state index in [2.05, 4.69) is 19.1 Å². The zero-order valence-electron chi connectivity index (χ0n) is 9.39. The number of carbonyl (C=O) groups is 1. The van der Waals surface area contributed by atoms with Crippen LogP contribution in [0.4, 0.5) is 0 Å². The van der Waals surface area contributed by atoms with Crippen molar-refractivity contribution >= 4 is 5.78 Å². The third kappa shape index (κ3) is 0.833. The number of hydrogen-bond acceptors (Lipinski definition) is 3. The Morgan fingerprint density at radius 1 is 1.25 bits per heavy atom. The molecule has 0 N–H and O–H groups in total. The van der Waals surface area contributed by atoms with Crippen molar-refractivity contribution in [3.05, 3.63) is 12.2 Å². The van der Waals surface area contributed by atoms with Gasteiger partial charge in [0.1, 0.15) is 5.78 Å². The van der Waals surface area contributed by atoms with Crippen molar-refractivity contribution in [1.29, 1.82) is 0 Å². The second-order valence-corrected chi connectivity index (χ2v) is 5.61. The van der Waals surface area contributed by atoms with E-state index in [1.165, 1.54) is 0 Å². The molecule has 86 valence electrons. The van der Waals surface area contributed by atoms with Gasteiger partial charge in [0.2, 0.25) is 0 Å². The monoisotopic (exact) mass is 220 g/mol. The summed E-state index contributed by atoms with van der Waals surface area (Å²) in [6.45, 7) is 3.55. The fourth-order valence-corrected chi connectivity index (χ4v) is 4.50. The zero-order chi connectivity index (χ0) is 10.9. The Morgan fingerprint density at radius 3 is 2.62 bits per heavy atom. The van der Waals surface area contributed by atoms with Gasteiger partial charge in [0.05, 0.1) is 13.2 Å². The molecule has 0 aromatic heterocycles. The number of Topliss-reactive ketones (excluding diaryl/α,β-unsaturated/α-hetero) is 1. The van der Waals surface area contributed by atoms with Crippen LogP contribution in [-0.2, 0) is 14.3 Å². The van der Waals surface area contributed by atoms with Crippen molar-refractivity contribution in [2.45, 2.75) is 19.1 Å². The first-order chi connectivity index (χ1) is 7.74. The number of ketones is 1. The molecule has 0 aromatic carbocycles. The van der Waals surface area contributed by atoms with Gasteiger partial charge in [-0.3, -0.25) is 4.79 Å². The molecule has 1 heterocycles. The lowest BCUT2D eigenvalue weighted by Gasteiger charge is -2.30. The van der Waals surface area contributed by atoms with Gasteiger partial charge in [0.15, 0.2) is 5.79 Å². The molecule has 2 saturated carbocycles. The summed E-state index contributed by atoms with van der Waals surface area (Å²) in [5, 5.41) is 0. The molecule has 3 nitrogen and oxygen atoms in total. The van der Waals surface area contributed by atoms with Gasteiger partial charge in [0, 0.05) is 24.2 Å². The third-order valence-electron chi connectivity index (χ3n) is 4.96. The Labute approximate surface area is 94.8 Å². The third-order valence-corrected chi connectivity index (χ3v) is 4.96. The fraction of sp³-hybridized carbons (Fsp3) is 0.769. The molecule has 3 fully saturated rings. The first-order valence-electron chi connectivity index (χ1n) is 6.23. The molecule has 0 unspecified atom stereocenters. The summed E-state index contributed by atoms with van der Waals surface area (Å²) < 4.78 is 11.8. The van der Waals surface area contributed by atoms with Crippen molar-refractivity contribution in [1.82, 2.24) is 0 Å². The van der Waals surface area contributed by atoms with E-state index in [-0.39, 0.29) is 11.8 Å². The Kier molecular flexibility index (Phi) is 1.62. The lowest BCUT2D eigenvalue weighted by atomic mass is 9.82. The maximum atomic E-state index is 12.1. The molecule has 3 aliphatic carbocycles. The molecule has 0 amide bonds. The quantitative estimate of drug-likeness (QED) is 0.579. The van der Waals surface area contributed by atoms with Crippen LogP contribution in [0.25, 0.3) is 0 Å². The van der Waals surface area contributed by atoms with E-state index in [9.17, 15) is 4.79 Å². The summed E-state index contributed by atoms with van der Waals surface area (Å²) in [5.41, 5.74) is 0. The topological polar surface area (TPSA) is 35.5 Å². The highest BCUT2D eigenvalue weighted by molar-refractivity contribution is 5.85. The highest BCUT2D eigenvalue weighted by Gasteiger charge is 2.69. The Morgan fingerprint density at radius 2 is 1.94 bits per heavy atom. The van der Waals surface area contributed by atoms with Crippen molar-refractivity contribution < 1.29 is 14.3 Å². The largest absolute Gasteiger partial charge is 0.346 e. The Balaban J connectivity index is 1.81. The molecule has 5 atom stereocenters. The normalized spacial score (nSPS) is 51.8. The van der Waals surface area contributed by atoms with Gasteiger partial charge in [-0.15, -0.1) is 0 Å². The van der Waals surface area contributed by atoms with E-state index in [4.69, 9.17) is 9.47 Å². The maximum absolute atomic E-state index is 12.1. The van der Waals surface area contributed by atoms with Gasteiger partial charge < -0.3 is 9.47 Å². The van der Waals surface area contributed by atoms with E-state index < -0.39 is 5.79 Å². The minimum Gasteiger partial charge on any atom is -0.346 e. The summed E-state index contributed by atoms with van der Waals surface area (Å²) in [4.78, 5) is 12.1. The molecule has 4 aliphatic rings. The van der Waals surface area contributed by atoms with E-state index >= 15 is 0 Å². The van der Waals surface area contributed by atoms with Crippen LogP contribution in [0.1, 0.15) is 13.3 Å². The van der Waals surface area contributed by atoms with Crippen molar-refractivity contribution in [2.75, 3.05) is 13.2 Å². The molecule has 0 radical (unpaired) electrons. The molecular weight excluding hydrogens is 204 g/mol. The molecule has 0 aromatic rings. The fourth-order valence-electron chi connectivity index (χ4n) is 4.50. The summed E-state index contributed by atoms with van der Waals surface area (Å²) in [6.07, 6.45) is 5.14. The molecule has 16 heavy (non-hydrogen) atoms. The molecule has 3 heteroatoms. The van der Waals surface area contributed by atoms with Crippen LogP contribution in [0.3, 0.4) is 0 Å². The van der Waals surface area contributed by atoms with Crippen molar-refractivity contribution in [3.8, 4) is 0 Å². The van der Waals surface area contributed by atoms with Crippen LogP contribution in [0.15, 0.2) is 12.2 Å². The first kappa shape index (κ1) is 9.37. The average molecular weight is 220 g/mol. The van der Waals surface area contributed by atoms with E-state index in [1.807, 2.05) is 0 Å². The average Bonchev–Trinajstić information content (AvgIpc) is 2.98. The summed E-state index contributed by atoms with van der Waals surface area (Å²) >= 11 is 0. The van der Waals surface area contributed by atoms with Crippen molar-refractivity contribution in [3.63, 3.8) is 0 Å². The minimum atomic E-state index is -0.459. The number of fused-ring (bicyclic) bond motifs is 3. The number of rotatable bonds is 0. The second kappa shape index (κ2) is 2.77. The minimum absolute atomic E-state index is 0.170. The number of ether oxygens (including phenoxy) is 2. The summed E-state index contributed by atoms with van der Waals surface area (Å²) in [6, 6.07) is 0. The highest BCUT2D eigenvalue weighted by Crippen LogP contribution is 2.63. The second-order valence-electron chi connectivity index (χ2n) is 5.61. The number of carbonyl (C=O) groups excluding carboxylic acids is 1. The van der Waals surface area contributed by atoms with Gasteiger partial charge in [-0.1, -0.05) is 19.1 Å². The maximum Gasteiger partial charge on any atom is 0.181 e. The molecule has 1 spiro atoms. The standard InChI is InChI=1S/C13H16O3/c1-7-6-10(14)12-9-3-2-8(11(7)12)13(9)15-4-5-16-13/h2-3,7-9,11-12H,4-6H2,1H3/t7-,8-,9-,11-,12-/m0/s1. The lowest BCUT2D eigenvalue weighted by molar-refractivity contribution is -0.190. The summed E-state index contributed by atoms with van der Waals surface area (Å²) in [7, 11) is 0. The smallest absolute Gasteiger partial charge is 0.181 e. The van der Waals surface area contributed by atoms with Gasteiger partial charge in [-0.25, -0.2) is 0 Å². The van der Waals surface area contributed by atoms with Crippen LogP contribution in [-0.4, -0.2) is 24.8 Å². The Hall–Kier alpha value is -0.670. The molecule has 1 aliphatic heterocycles. The predicted octanol–water partition coefficient (Wildman–Crippen LogP) is 1.39. The molecule has 2 bridgehead atoms. The van der Waals surface area contributed by atoms with Crippen LogP contribution in [0, 0.1) is 29.6 Å². The van der Waals surface area contributed by atoms with Gasteiger partial charge in [-0.05, 0) is 11.8 Å². The zero-order valence-corrected chi connectivity index (χ0v) is 9.39. The van der Waals surface area contributed by atoms with Crippen LogP contribution in [0.5, 0.6) is 0 Å². The van der Waals surface area contributed by atoms with E-state index in [1.54, 1.807) is 0 Å². The highest BCUT2D eigenvalue weighted by atomic mass is 16.7. The van der Waals surface area contributed by atoms with Crippen LogP contribution >= 0.6 is 0 Å². The number of hydrogen-bond donors (Lipinski definition) is 0. The Bertz CT molecular complexity index is 381. The molecule has 4 rings (SSSR count). The first-order valence-corrected chi connectivity index (χ1v) is 6.23. The van der Waals surface area contributed by atoms with Gasteiger partial charge in [-0.2, -0.15) is 0 Å². The SMILES string of the molecule is C[C@H]1CC(=O)[C@H]2[C@@H]1[C@@H]1C=C[C@@H]2C12OCCO2. The van der Waals surface area contributed by atoms with Crippen LogP contribution in [0.2, 0.25) is 0 Å². The lowest BCUT2D eigenvalue weighted by Crippen LogP contribution is -2.39. The predicted molar refractivity (Wildman–Crippen MR) is 56.5 cm³/mol. The van der Waals surface area contributed by atoms with Gasteiger partial charge in [0.25, 0.3) is 0 Å². The molecular formula is C13H16O3. The van der Waals surface area contributed by atoms with E-state index in [0.717, 1.165) is 6.42 Å². The van der Waals surface area contributed by atoms with E-state index in [0.29, 0.717) is 36.8 Å².